The average molecular weight is 593 g/mol. The molecule has 2 fully saturated rings. The molecule has 8 heteroatoms. The number of amides is 4. The SMILES string of the molecule is CCCCCCCCC=CCCCCCCCC(=O)NCCCCCNC(=O)CCCCC1SCC2NC(=O)NC21. The summed E-state index contributed by atoms with van der Waals surface area (Å²) < 4.78 is 0. The second-order valence-corrected chi connectivity index (χ2v) is 13.2. The highest BCUT2D eigenvalue weighted by atomic mass is 32.2. The predicted molar refractivity (Wildman–Crippen MR) is 173 cm³/mol. The third-order valence-corrected chi connectivity index (χ3v) is 9.75. The molecule has 4 amide bonds. The van der Waals surface area contributed by atoms with Gasteiger partial charge in [0.2, 0.25) is 11.8 Å². The molecule has 0 aromatic rings. The Labute approximate surface area is 255 Å². The first kappa shape index (κ1) is 35.5. The van der Waals surface area contributed by atoms with E-state index in [0.29, 0.717) is 24.6 Å². The van der Waals surface area contributed by atoms with Gasteiger partial charge in [-0.25, -0.2) is 4.79 Å². The third kappa shape index (κ3) is 17.8. The molecule has 0 aromatic carbocycles. The first-order valence-corrected chi connectivity index (χ1v) is 18.0. The molecule has 7 nitrogen and oxygen atoms in total. The van der Waals surface area contributed by atoms with Crippen molar-refractivity contribution in [3.8, 4) is 0 Å². The van der Waals surface area contributed by atoms with Crippen LogP contribution in [0.15, 0.2) is 12.2 Å². The first-order chi connectivity index (χ1) is 20.1. The maximum Gasteiger partial charge on any atom is 0.315 e. The molecule has 0 aromatic heterocycles. The first-order valence-electron chi connectivity index (χ1n) is 17.0. The fraction of sp³-hybridized carbons (Fsp3) is 0.848. The quantitative estimate of drug-likeness (QED) is 0.0487. The van der Waals surface area contributed by atoms with Crippen LogP contribution in [-0.2, 0) is 9.59 Å². The van der Waals surface area contributed by atoms with Crippen LogP contribution in [0.5, 0.6) is 0 Å². The summed E-state index contributed by atoms with van der Waals surface area (Å²) in [5.74, 6) is 1.29. The van der Waals surface area contributed by atoms with E-state index in [0.717, 1.165) is 63.7 Å². The zero-order chi connectivity index (χ0) is 29.4. The molecule has 41 heavy (non-hydrogen) atoms. The molecule has 3 unspecified atom stereocenters. The van der Waals surface area contributed by atoms with Gasteiger partial charge in [0.15, 0.2) is 0 Å². The molecule has 2 aliphatic heterocycles. The molecule has 0 spiro atoms. The Hall–Kier alpha value is -1.70. The van der Waals surface area contributed by atoms with Crippen LogP contribution in [0.4, 0.5) is 4.79 Å². The minimum atomic E-state index is -0.0409. The molecule has 236 valence electrons. The number of carbonyl (C=O) groups is 3. The standard InChI is InChI=1S/C33H60N4O3S/c1-2-3-4-5-6-7-8-9-10-11-12-13-14-15-17-23-30(38)34-25-20-16-21-26-35-31(39)24-19-18-22-29-32-28(27-41-29)36-33(40)37-32/h9-10,28-29,32H,2-8,11-27H2,1H3,(H,34,38)(H,35,39)(H2,36,37,40). The number of hydrogen-bond acceptors (Lipinski definition) is 4. The van der Waals surface area contributed by atoms with Crippen LogP contribution in [0.1, 0.15) is 142 Å². The lowest BCUT2D eigenvalue weighted by atomic mass is 10.0. The maximum atomic E-state index is 12.1. The molecule has 0 radical (unpaired) electrons. The number of allylic oxidation sites excluding steroid dienone is 2. The van der Waals surface area contributed by atoms with E-state index in [-0.39, 0.29) is 29.9 Å². The van der Waals surface area contributed by atoms with Crippen molar-refractivity contribution < 1.29 is 14.4 Å². The summed E-state index contributed by atoms with van der Waals surface area (Å²) in [5, 5.41) is 12.5. The molecule has 2 aliphatic rings. The van der Waals surface area contributed by atoms with Gasteiger partial charge in [0, 0.05) is 36.9 Å². The minimum Gasteiger partial charge on any atom is -0.356 e. The van der Waals surface area contributed by atoms with Gasteiger partial charge in [-0.15, -0.1) is 0 Å². The van der Waals surface area contributed by atoms with Gasteiger partial charge in [-0.05, 0) is 64.2 Å². The van der Waals surface area contributed by atoms with E-state index in [1.165, 1.54) is 70.6 Å². The summed E-state index contributed by atoms with van der Waals surface area (Å²) in [6, 6.07) is 0.477. The number of fused-ring (bicyclic) bond motifs is 1. The molecule has 3 atom stereocenters. The number of rotatable bonds is 26. The summed E-state index contributed by atoms with van der Waals surface area (Å²) in [6.45, 7) is 3.71. The van der Waals surface area contributed by atoms with Gasteiger partial charge in [0.05, 0.1) is 12.1 Å². The van der Waals surface area contributed by atoms with Gasteiger partial charge < -0.3 is 21.3 Å². The highest BCUT2D eigenvalue weighted by molar-refractivity contribution is 8.00. The molecular weight excluding hydrogens is 532 g/mol. The lowest BCUT2D eigenvalue weighted by Crippen LogP contribution is -2.36. The van der Waals surface area contributed by atoms with Gasteiger partial charge in [0.1, 0.15) is 0 Å². The number of hydrogen-bond donors (Lipinski definition) is 4. The van der Waals surface area contributed by atoms with Crippen molar-refractivity contribution in [2.45, 2.75) is 159 Å². The van der Waals surface area contributed by atoms with Gasteiger partial charge >= 0.3 is 6.03 Å². The summed E-state index contributed by atoms with van der Waals surface area (Å²) >= 11 is 1.93. The lowest BCUT2D eigenvalue weighted by molar-refractivity contribution is -0.121. The van der Waals surface area contributed by atoms with E-state index in [9.17, 15) is 14.4 Å². The Morgan fingerprint density at radius 2 is 1.27 bits per heavy atom. The molecule has 0 bridgehead atoms. The van der Waals surface area contributed by atoms with Crippen molar-refractivity contribution in [3.05, 3.63) is 12.2 Å². The number of urea groups is 1. The Morgan fingerprint density at radius 3 is 1.90 bits per heavy atom. The van der Waals surface area contributed by atoms with Crippen molar-refractivity contribution >= 4 is 29.6 Å². The Bertz CT molecular complexity index is 748. The van der Waals surface area contributed by atoms with E-state index in [4.69, 9.17) is 0 Å². The zero-order valence-corrected chi connectivity index (χ0v) is 26.8. The van der Waals surface area contributed by atoms with Crippen LogP contribution in [0, 0.1) is 0 Å². The zero-order valence-electron chi connectivity index (χ0n) is 26.0. The van der Waals surface area contributed by atoms with E-state index in [1.807, 2.05) is 11.8 Å². The summed E-state index contributed by atoms with van der Waals surface area (Å²) in [5.41, 5.74) is 0. The normalized spacial score (nSPS) is 19.7. The summed E-state index contributed by atoms with van der Waals surface area (Å²) in [7, 11) is 0. The van der Waals surface area contributed by atoms with Crippen LogP contribution in [-0.4, -0.2) is 54.0 Å². The average Bonchev–Trinajstić information content (AvgIpc) is 3.51. The van der Waals surface area contributed by atoms with Gasteiger partial charge in [-0.1, -0.05) is 76.9 Å². The molecule has 2 saturated heterocycles. The van der Waals surface area contributed by atoms with Crippen LogP contribution in [0.3, 0.4) is 0 Å². The van der Waals surface area contributed by atoms with Crippen molar-refractivity contribution in [2.24, 2.45) is 0 Å². The van der Waals surface area contributed by atoms with Gasteiger partial charge in [0.25, 0.3) is 0 Å². The van der Waals surface area contributed by atoms with Crippen LogP contribution >= 0.6 is 11.8 Å². The maximum absolute atomic E-state index is 12.1. The van der Waals surface area contributed by atoms with Crippen molar-refractivity contribution in [2.75, 3.05) is 18.8 Å². The molecule has 0 saturated carbocycles. The monoisotopic (exact) mass is 592 g/mol. The number of thioether (sulfide) groups is 1. The topological polar surface area (TPSA) is 99.3 Å². The molecule has 4 N–H and O–H groups in total. The molecule has 0 aliphatic carbocycles. The smallest absolute Gasteiger partial charge is 0.315 e. The minimum absolute atomic E-state index is 0.0409. The van der Waals surface area contributed by atoms with E-state index in [2.05, 4.69) is 40.3 Å². The predicted octanol–water partition coefficient (Wildman–Crippen LogP) is 7.15. The molecular formula is C33H60N4O3S. The highest BCUT2D eigenvalue weighted by Crippen LogP contribution is 2.33. The summed E-state index contributed by atoms with van der Waals surface area (Å²) in [4.78, 5) is 35.6. The Morgan fingerprint density at radius 1 is 0.732 bits per heavy atom. The van der Waals surface area contributed by atoms with Gasteiger partial charge in [-0.3, -0.25) is 9.59 Å². The van der Waals surface area contributed by atoms with Crippen molar-refractivity contribution in [3.63, 3.8) is 0 Å². The van der Waals surface area contributed by atoms with Crippen LogP contribution in [0.25, 0.3) is 0 Å². The van der Waals surface area contributed by atoms with Crippen molar-refractivity contribution in [1.82, 2.24) is 21.3 Å². The molecule has 2 rings (SSSR count). The van der Waals surface area contributed by atoms with Crippen molar-refractivity contribution in [1.29, 1.82) is 0 Å². The fourth-order valence-electron chi connectivity index (χ4n) is 5.69. The highest BCUT2D eigenvalue weighted by Gasteiger charge is 2.42. The number of carbonyl (C=O) groups excluding carboxylic acids is 3. The second-order valence-electron chi connectivity index (χ2n) is 12.0. The second kappa shape index (κ2) is 23.8. The Balaban J connectivity index is 1.27. The van der Waals surface area contributed by atoms with E-state index >= 15 is 0 Å². The largest absolute Gasteiger partial charge is 0.356 e. The Kier molecular flexibility index (Phi) is 20.6. The molecule has 2 heterocycles. The summed E-state index contributed by atoms with van der Waals surface area (Å²) in [6.07, 6.45) is 28.3. The van der Waals surface area contributed by atoms with E-state index in [1.54, 1.807) is 0 Å². The van der Waals surface area contributed by atoms with E-state index < -0.39 is 0 Å². The fourth-order valence-corrected chi connectivity index (χ4v) is 7.23. The number of unbranched alkanes of at least 4 members (excludes halogenated alkanes) is 14. The van der Waals surface area contributed by atoms with Crippen LogP contribution in [0.2, 0.25) is 0 Å². The lowest BCUT2D eigenvalue weighted by Gasteiger charge is -2.16. The number of nitrogens with one attached hydrogen (secondary N) is 4. The van der Waals surface area contributed by atoms with Crippen LogP contribution < -0.4 is 21.3 Å². The third-order valence-electron chi connectivity index (χ3n) is 8.24. The van der Waals surface area contributed by atoms with Gasteiger partial charge in [-0.2, -0.15) is 11.8 Å².